The van der Waals surface area contributed by atoms with Gasteiger partial charge in [-0.25, -0.2) is 4.39 Å². The van der Waals surface area contributed by atoms with E-state index in [0.717, 1.165) is 30.5 Å². The lowest BCUT2D eigenvalue weighted by atomic mass is 9.66. The molecule has 2 aliphatic rings. The zero-order valence-electron chi connectivity index (χ0n) is 19.9. The van der Waals surface area contributed by atoms with Crippen molar-refractivity contribution in [1.82, 2.24) is 30.0 Å². The molecule has 1 saturated carbocycles. The molecule has 0 atom stereocenters. The van der Waals surface area contributed by atoms with Crippen LogP contribution >= 0.6 is 0 Å². The Bertz CT molecular complexity index is 1150. The minimum atomic E-state index is -4.15. The van der Waals surface area contributed by atoms with Crippen molar-refractivity contribution >= 4 is 5.82 Å². The fourth-order valence-electron chi connectivity index (χ4n) is 5.00. The highest BCUT2D eigenvalue weighted by atomic mass is 19.4. The minimum absolute atomic E-state index is 0.272. The summed E-state index contributed by atoms with van der Waals surface area (Å²) in [6.45, 7) is 2.37. The van der Waals surface area contributed by atoms with Crippen molar-refractivity contribution in [2.75, 3.05) is 44.6 Å². The molecule has 0 spiro atoms. The van der Waals surface area contributed by atoms with Gasteiger partial charge in [-0.15, -0.1) is 10.2 Å². The van der Waals surface area contributed by atoms with Crippen LogP contribution in [0, 0.1) is 5.82 Å². The van der Waals surface area contributed by atoms with E-state index in [9.17, 15) is 17.6 Å². The summed E-state index contributed by atoms with van der Waals surface area (Å²) >= 11 is 0. The molecule has 4 heterocycles. The maximum atomic E-state index is 14.3. The molecule has 0 unspecified atom stereocenters. The number of hydrogen-bond acceptors (Lipinski definition) is 6. The van der Waals surface area contributed by atoms with Crippen LogP contribution in [-0.4, -0.2) is 75.4 Å². The van der Waals surface area contributed by atoms with Gasteiger partial charge < -0.3 is 10.3 Å². The highest BCUT2D eigenvalue weighted by Crippen LogP contribution is 2.43. The van der Waals surface area contributed by atoms with Gasteiger partial charge in [-0.3, -0.25) is 14.8 Å². The van der Waals surface area contributed by atoms with Gasteiger partial charge in [0.05, 0.1) is 17.9 Å². The van der Waals surface area contributed by atoms with E-state index in [1.54, 1.807) is 12.3 Å². The first kappa shape index (κ1) is 24.6. The zero-order chi connectivity index (χ0) is 25.2. The lowest BCUT2D eigenvalue weighted by molar-refractivity contribution is -0.149. The number of anilines is 1. The van der Waals surface area contributed by atoms with Crippen molar-refractivity contribution < 1.29 is 17.6 Å². The average Bonchev–Trinajstić information content (AvgIpc) is 3.29. The van der Waals surface area contributed by atoms with Crippen LogP contribution in [0.3, 0.4) is 0 Å². The molecule has 1 aliphatic carbocycles. The molecule has 0 bridgehead atoms. The average molecular weight is 504 g/mol. The molecule has 36 heavy (non-hydrogen) atoms. The molecule has 1 saturated heterocycles. The number of pyridine rings is 1. The summed E-state index contributed by atoms with van der Waals surface area (Å²) in [6.07, 6.45) is 2.17. The standard InChI is InChI=1S/C25H29F4N7/c26-19-3-1-8-30-23(19)24(6-2-7-24)16-32-22-5-4-20(33-34-22)21-13-18(14-31-21)15-35-9-11-36(12-10-35)17-25(27,28)29/h1,3-5,8,13-14,31H,2,6-7,9-12,15-17H2,(H,32,34). The molecule has 192 valence electrons. The van der Waals surface area contributed by atoms with Crippen molar-refractivity contribution in [1.29, 1.82) is 0 Å². The smallest absolute Gasteiger partial charge is 0.368 e. The van der Waals surface area contributed by atoms with Crippen LogP contribution in [0.1, 0.15) is 30.5 Å². The van der Waals surface area contributed by atoms with Crippen LogP contribution in [0.2, 0.25) is 0 Å². The second kappa shape index (κ2) is 10.1. The number of aromatic nitrogens is 4. The number of H-pyrrole nitrogens is 1. The van der Waals surface area contributed by atoms with Gasteiger partial charge in [0.2, 0.25) is 0 Å². The minimum Gasteiger partial charge on any atom is -0.368 e. The van der Waals surface area contributed by atoms with Crippen molar-refractivity contribution in [3.05, 3.63) is 59.8 Å². The van der Waals surface area contributed by atoms with Gasteiger partial charge in [0.25, 0.3) is 0 Å². The maximum absolute atomic E-state index is 14.3. The summed E-state index contributed by atoms with van der Waals surface area (Å²) in [5.41, 5.74) is 2.75. The first-order valence-electron chi connectivity index (χ1n) is 12.2. The normalized spacial score (nSPS) is 18.7. The molecule has 11 heteroatoms. The number of piperazine rings is 1. The molecule has 1 aliphatic heterocycles. The van der Waals surface area contributed by atoms with E-state index < -0.39 is 12.7 Å². The molecule has 7 nitrogen and oxygen atoms in total. The van der Waals surface area contributed by atoms with E-state index in [0.29, 0.717) is 56.5 Å². The number of rotatable bonds is 8. The molecular formula is C25H29F4N7. The predicted molar refractivity (Wildman–Crippen MR) is 128 cm³/mol. The van der Waals surface area contributed by atoms with Crippen molar-refractivity contribution in [2.45, 2.75) is 37.4 Å². The Kier molecular flexibility index (Phi) is 6.94. The molecule has 3 aromatic heterocycles. The van der Waals surface area contributed by atoms with Crippen LogP contribution in [-0.2, 0) is 12.0 Å². The number of nitrogens with zero attached hydrogens (tertiary/aromatic N) is 5. The predicted octanol–water partition coefficient (Wildman–Crippen LogP) is 4.22. The van der Waals surface area contributed by atoms with Gasteiger partial charge in [-0.05, 0) is 48.7 Å². The zero-order valence-corrected chi connectivity index (χ0v) is 19.9. The van der Waals surface area contributed by atoms with E-state index in [-0.39, 0.29) is 11.2 Å². The van der Waals surface area contributed by atoms with Gasteiger partial charge in [-0.1, -0.05) is 6.42 Å². The second-order valence-electron chi connectivity index (χ2n) is 9.71. The third-order valence-electron chi connectivity index (χ3n) is 7.14. The first-order chi connectivity index (χ1) is 17.3. The summed E-state index contributed by atoms with van der Waals surface area (Å²) in [5.74, 6) is 0.344. The SMILES string of the molecule is Fc1cccnc1C1(CNc2ccc(-c3cc(CN4CCN(CC(F)(F)F)CC4)c[nH]3)nn2)CCC1. The quantitative estimate of drug-likeness (QED) is 0.449. The summed E-state index contributed by atoms with van der Waals surface area (Å²) in [4.78, 5) is 11.1. The Balaban J connectivity index is 1.15. The number of halogens is 4. The maximum Gasteiger partial charge on any atom is 0.401 e. The van der Waals surface area contributed by atoms with E-state index in [4.69, 9.17) is 0 Å². The molecule has 0 aromatic carbocycles. The summed E-state index contributed by atoms with van der Waals surface area (Å²) in [7, 11) is 0. The van der Waals surface area contributed by atoms with Crippen molar-refractivity contribution in [3.8, 4) is 11.4 Å². The molecule has 0 amide bonds. The van der Waals surface area contributed by atoms with E-state index >= 15 is 0 Å². The molecule has 2 fully saturated rings. The fraction of sp³-hybridized carbons (Fsp3) is 0.480. The number of aromatic amines is 1. The molecule has 2 N–H and O–H groups in total. The van der Waals surface area contributed by atoms with Gasteiger partial charge in [0, 0.05) is 57.1 Å². The van der Waals surface area contributed by atoms with Crippen LogP contribution in [0.5, 0.6) is 0 Å². The first-order valence-corrected chi connectivity index (χ1v) is 12.2. The van der Waals surface area contributed by atoms with Gasteiger partial charge in [0.15, 0.2) is 0 Å². The third-order valence-corrected chi connectivity index (χ3v) is 7.14. The number of alkyl halides is 3. The highest BCUT2D eigenvalue weighted by Gasteiger charge is 2.41. The Morgan fingerprint density at radius 1 is 1.03 bits per heavy atom. The molecule has 5 rings (SSSR count). The summed E-state index contributed by atoms with van der Waals surface area (Å²) in [6, 6.07) is 8.77. The van der Waals surface area contributed by atoms with Gasteiger partial charge in [-0.2, -0.15) is 13.2 Å². The molecular weight excluding hydrogens is 474 g/mol. The lowest BCUT2D eigenvalue weighted by Crippen LogP contribution is -2.48. The fourth-order valence-corrected chi connectivity index (χ4v) is 5.00. The summed E-state index contributed by atoms with van der Waals surface area (Å²) < 4.78 is 52.1. The Morgan fingerprint density at radius 2 is 1.81 bits per heavy atom. The topological polar surface area (TPSA) is 73.0 Å². The largest absolute Gasteiger partial charge is 0.401 e. The molecule has 3 aromatic rings. The van der Waals surface area contributed by atoms with Crippen LogP contribution in [0.4, 0.5) is 23.4 Å². The van der Waals surface area contributed by atoms with Crippen LogP contribution in [0.15, 0.2) is 42.7 Å². The van der Waals surface area contributed by atoms with Crippen LogP contribution < -0.4 is 5.32 Å². The van der Waals surface area contributed by atoms with Gasteiger partial charge in [0.1, 0.15) is 17.3 Å². The van der Waals surface area contributed by atoms with Crippen molar-refractivity contribution in [3.63, 3.8) is 0 Å². The van der Waals surface area contributed by atoms with E-state index in [1.165, 1.54) is 11.0 Å². The summed E-state index contributed by atoms with van der Waals surface area (Å²) in [5, 5.41) is 11.9. The monoisotopic (exact) mass is 503 g/mol. The van der Waals surface area contributed by atoms with Crippen molar-refractivity contribution in [2.24, 2.45) is 0 Å². The molecule has 0 radical (unpaired) electrons. The second-order valence-corrected chi connectivity index (χ2v) is 9.71. The third kappa shape index (κ3) is 5.67. The highest BCUT2D eigenvalue weighted by molar-refractivity contribution is 5.56. The van der Waals surface area contributed by atoms with E-state index in [1.807, 2.05) is 24.4 Å². The Labute approximate surface area is 206 Å². The Morgan fingerprint density at radius 3 is 2.44 bits per heavy atom. The number of nitrogens with one attached hydrogen (secondary N) is 2. The number of hydrogen-bond donors (Lipinski definition) is 2. The van der Waals surface area contributed by atoms with Gasteiger partial charge >= 0.3 is 6.18 Å². The van der Waals surface area contributed by atoms with Crippen LogP contribution in [0.25, 0.3) is 11.4 Å². The lowest BCUT2D eigenvalue weighted by Gasteiger charge is -2.41. The Hall–Kier alpha value is -3.05. The van der Waals surface area contributed by atoms with E-state index in [2.05, 4.69) is 30.4 Å².